The second-order valence-electron chi connectivity index (χ2n) is 2.08. The molecular formula is C9H17Cl3V. The Bertz CT molecular complexity index is 133. The van der Waals surface area contributed by atoms with Crippen molar-refractivity contribution in [3.8, 4) is 0 Å². The fraction of sp³-hybridized carbons (Fsp3) is 0.444. The molecule has 0 heterocycles. The molecule has 0 atom stereocenters. The molecule has 0 N–H and O–H groups in total. The summed E-state index contributed by atoms with van der Waals surface area (Å²) in [6.45, 7) is 2.20. The summed E-state index contributed by atoms with van der Waals surface area (Å²) in [4.78, 5) is 0. The van der Waals surface area contributed by atoms with E-state index in [4.69, 9.17) is 0 Å². The molecule has 0 spiro atoms. The molecule has 1 aliphatic carbocycles. The third-order valence-corrected chi connectivity index (χ3v) is 1.31. The van der Waals surface area contributed by atoms with Crippen LogP contribution in [0, 0.1) is 13.5 Å². The molecule has 4 heteroatoms. The molecule has 0 amide bonds. The summed E-state index contributed by atoms with van der Waals surface area (Å²) in [5, 5.41) is 0. The quantitative estimate of drug-likeness (QED) is 0.666. The van der Waals surface area contributed by atoms with Gasteiger partial charge < -0.3 is 7.43 Å². The average Bonchev–Trinajstić information content (AvgIpc) is 2.19. The summed E-state index contributed by atoms with van der Waals surface area (Å²) < 4.78 is 0. The van der Waals surface area contributed by atoms with E-state index in [1.807, 2.05) is 0 Å². The van der Waals surface area contributed by atoms with Gasteiger partial charge in [-0.3, -0.25) is 6.08 Å². The van der Waals surface area contributed by atoms with Gasteiger partial charge in [0.15, 0.2) is 0 Å². The Morgan fingerprint density at radius 1 is 1.31 bits per heavy atom. The normalized spacial score (nSPS) is 10.4. The Morgan fingerprint density at radius 2 is 1.85 bits per heavy atom. The zero-order valence-corrected chi connectivity index (χ0v) is 11.8. The maximum atomic E-state index is 3.14. The molecule has 0 unspecified atom stereocenters. The van der Waals surface area contributed by atoms with Gasteiger partial charge in [-0.2, -0.15) is 6.08 Å². The second-order valence-corrected chi connectivity index (χ2v) is 2.08. The van der Waals surface area contributed by atoms with Crippen molar-refractivity contribution < 1.29 is 18.6 Å². The fourth-order valence-electron chi connectivity index (χ4n) is 0.902. The van der Waals surface area contributed by atoms with E-state index in [1.54, 1.807) is 0 Å². The molecule has 0 saturated carbocycles. The van der Waals surface area contributed by atoms with Gasteiger partial charge >= 0.3 is 18.6 Å². The first-order valence-corrected chi connectivity index (χ1v) is 3.19. The fourth-order valence-corrected chi connectivity index (χ4v) is 0.902. The van der Waals surface area contributed by atoms with E-state index < -0.39 is 0 Å². The van der Waals surface area contributed by atoms with Gasteiger partial charge in [0, 0.05) is 0 Å². The van der Waals surface area contributed by atoms with Crippen LogP contribution in [0.3, 0.4) is 0 Å². The Hall–Kier alpha value is 0.934. The van der Waals surface area contributed by atoms with Crippen molar-refractivity contribution in [1.82, 2.24) is 0 Å². The van der Waals surface area contributed by atoms with Crippen molar-refractivity contribution in [2.75, 3.05) is 0 Å². The molecule has 79 valence electrons. The third kappa shape index (κ3) is 12.9. The molecule has 0 aliphatic heterocycles. The minimum atomic E-state index is 0. The van der Waals surface area contributed by atoms with Crippen LogP contribution in [-0.2, 0) is 18.6 Å². The third-order valence-electron chi connectivity index (χ3n) is 1.31. The Balaban J connectivity index is -0.0000000427. The maximum Gasteiger partial charge on any atom is 2.00 e. The molecule has 0 nitrogen and oxygen atoms in total. The predicted molar refractivity (Wildman–Crippen MR) is 63.6 cm³/mol. The summed E-state index contributed by atoms with van der Waals surface area (Å²) >= 11 is 0. The first kappa shape index (κ1) is 29.2. The van der Waals surface area contributed by atoms with Gasteiger partial charge in [0.1, 0.15) is 0 Å². The van der Waals surface area contributed by atoms with Crippen molar-refractivity contribution in [3.63, 3.8) is 0 Å². The number of rotatable bonds is 2. The van der Waals surface area contributed by atoms with Crippen molar-refractivity contribution >= 4 is 37.2 Å². The SMILES string of the molecule is CCCC1=CC[C-]=C1.Cl.Cl.Cl.[CH3-].[V+2]. The van der Waals surface area contributed by atoms with Crippen molar-refractivity contribution in [2.24, 2.45) is 0 Å². The van der Waals surface area contributed by atoms with Crippen molar-refractivity contribution in [3.05, 3.63) is 31.2 Å². The van der Waals surface area contributed by atoms with Crippen molar-refractivity contribution in [1.29, 1.82) is 0 Å². The standard InChI is InChI=1S/C8H11.CH3.3ClH.V/c1-2-5-8-6-3-4-7-8;;;;;/h6-7H,2-3,5H2,1H3;1H3;3*1H;/q2*-1;;;;+2. The molecule has 1 radical (unpaired) electrons. The number of hydrogen-bond donors (Lipinski definition) is 0. The van der Waals surface area contributed by atoms with Crippen LogP contribution in [0.5, 0.6) is 0 Å². The molecule has 0 aromatic carbocycles. The predicted octanol–water partition coefficient (Wildman–Crippen LogP) is 4.19. The van der Waals surface area contributed by atoms with Gasteiger partial charge in [-0.15, -0.1) is 43.6 Å². The van der Waals surface area contributed by atoms with Gasteiger partial charge in [0.2, 0.25) is 0 Å². The summed E-state index contributed by atoms with van der Waals surface area (Å²) in [7, 11) is 0. The smallest absolute Gasteiger partial charge is 0.358 e. The van der Waals surface area contributed by atoms with Gasteiger partial charge in [-0.05, 0) is 0 Å². The topological polar surface area (TPSA) is 0 Å². The Kier molecular flexibility index (Phi) is 41.9. The van der Waals surface area contributed by atoms with Crippen LogP contribution in [0.4, 0.5) is 0 Å². The van der Waals surface area contributed by atoms with Crippen LogP contribution < -0.4 is 0 Å². The van der Waals surface area contributed by atoms with Crippen LogP contribution in [0.1, 0.15) is 26.2 Å². The second kappa shape index (κ2) is 18.7. The van der Waals surface area contributed by atoms with Crippen LogP contribution in [0.25, 0.3) is 0 Å². The zero-order chi connectivity index (χ0) is 5.82. The summed E-state index contributed by atoms with van der Waals surface area (Å²) in [5.74, 6) is 0. The first-order valence-electron chi connectivity index (χ1n) is 3.19. The monoisotopic (exact) mass is 281 g/mol. The zero-order valence-electron chi connectivity index (χ0n) is 7.95. The molecule has 0 bridgehead atoms. The van der Waals surface area contributed by atoms with E-state index in [-0.39, 0.29) is 63.2 Å². The Labute approximate surface area is 113 Å². The molecule has 0 saturated heterocycles. The average molecular weight is 283 g/mol. The number of halogens is 3. The van der Waals surface area contributed by atoms with E-state index in [0.717, 1.165) is 6.42 Å². The molecule has 0 aromatic heterocycles. The van der Waals surface area contributed by atoms with Gasteiger partial charge in [-0.1, -0.05) is 19.8 Å². The molecular weight excluding hydrogens is 265 g/mol. The summed E-state index contributed by atoms with van der Waals surface area (Å²) in [6.07, 6.45) is 11.0. The molecule has 1 rings (SSSR count). The largest absolute Gasteiger partial charge is 2.00 e. The first-order chi connectivity index (χ1) is 3.93. The van der Waals surface area contributed by atoms with Gasteiger partial charge in [0.25, 0.3) is 0 Å². The van der Waals surface area contributed by atoms with E-state index in [2.05, 4.69) is 25.2 Å². The van der Waals surface area contributed by atoms with Crippen LogP contribution in [-0.4, -0.2) is 0 Å². The van der Waals surface area contributed by atoms with E-state index >= 15 is 0 Å². The molecule has 0 aromatic rings. The summed E-state index contributed by atoms with van der Waals surface area (Å²) in [6, 6.07) is 0. The maximum absolute atomic E-state index is 3.14. The van der Waals surface area contributed by atoms with E-state index in [0.29, 0.717) is 0 Å². The molecule has 0 fully saturated rings. The Morgan fingerprint density at radius 3 is 2.15 bits per heavy atom. The van der Waals surface area contributed by atoms with E-state index in [1.165, 1.54) is 18.4 Å². The van der Waals surface area contributed by atoms with Crippen LogP contribution >= 0.6 is 37.2 Å². The molecule has 13 heavy (non-hydrogen) atoms. The van der Waals surface area contributed by atoms with Gasteiger partial charge in [-0.25, -0.2) is 11.6 Å². The van der Waals surface area contributed by atoms with E-state index in [9.17, 15) is 0 Å². The molecule has 1 aliphatic rings. The van der Waals surface area contributed by atoms with Crippen LogP contribution in [0.15, 0.2) is 17.7 Å². The van der Waals surface area contributed by atoms with Gasteiger partial charge in [0.05, 0.1) is 0 Å². The van der Waals surface area contributed by atoms with Crippen LogP contribution in [0.2, 0.25) is 0 Å². The number of allylic oxidation sites excluding steroid dienone is 4. The number of hydrogen-bond acceptors (Lipinski definition) is 0. The summed E-state index contributed by atoms with van der Waals surface area (Å²) in [5.41, 5.74) is 1.47. The minimum Gasteiger partial charge on any atom is -0.358 e. The van der Waals surface area contributed by atoms with Crippen molar-refractivity contribution in [2.45, 2.75) is 26.2 Å². The minimum absolute atomic E-state index is 0.